The zero-order valence-electron chi connectivity index (χ0n) is 10.6. The van der Waals surface area contributed by atoms with Crippen LogP contribution in [0.15, 0.2) is 30.3 Å². The van der Waals surface area contributed by atoms with E-state index in [1.807, 2.05) is 18.2 Å². The molecule has 0 aromatic heterocycles. The fraction of sp³-hybridized carbons (Fsp3) is 0.533. The summed E-state index contributed by atoms with van der Waals surface area (Å²) in [4.78, 5) is 11.3. The smallest absolute Gasteiger partial charge is 0.306 e. The van der Waals surface area contributed by atoms with Crippen LogP contribution >= 0.6 is 0 Å². The van der Waals surface area contributed by atoms with Crippen LogP contribution in [0, 0.1) is 11.8 Å². The highest BCUT2D eigenvalue weighted by Gasteiger charge is 2.29. The maximum Gasteiger partial charge on any atom is 0.306 e. The Bertz CT molecular complexity index is 371. The second kappa shape index (κ2) is 6.55. The molecule has 0 spiro atoms. The Morgan fingerprint density at radius 1 is 1.39 bits per heavy atom. The van der Waals surface area contributed by atoms with E-state index in [9.17, 15) is 9.90 Å². The Morgan fingerprint density at radius 3 is 2.78 bits per heavy atom. The molecule has 0 aliphatic carbocycles. The van der Waals surface area contributed by atoms with Crippen LogP contribution in [0.4, 0.5) is 0 Å². The van der Waals surface area contributed by atoms with Crippen LogP contribution < -0.4 is 5.32 Å². The van der Waals surface area contributed by atoms with E-state index in [4.69, 9.17) is 0 Å². The number of carboxylic acid groups (broad SMARTS) is 1. The highest BCUT2D eigenvalue weighted by molar-refractivity contribution is 5.70. The summed E-state index contributed by atoms with van der Waals surface area (Å²) in [7, 11) is 0. The van der Waals surface area contributed by atoms with Gasteiger partial charge in [-0.05, 0) is 50.3 Å². The molecule has 18 heavy (non-hydrogen) atoms. The molecular weight excluding hydrogens is 226 g/mol. The van der Waals surface area contributed by atoms with Crippen LogP contribution in [0.25, 0.3) is 0 Å². The zero-order chi connectivity index (χ0) is 12.8. The van der Waals surface area contributed by atoms with Gasteiger partial charge in [0.2, 0.25) is 0 Å². The highest BCUT2D eigenvalue weighted by Crippen LogP contribution is 2.24. The van der Waals surface area contributed by atoms with Gasteiger partial charge < -0.3 is 10.4 Å². The maximum atomic E-state index is 11.3. The van der Waals surface area contributed by atoms with E-state index in [2.05, 4.69) is 17.4 Å². The van der Waals surface area contributed by atoms with Crippen molar-refractivity contribution in [1.29, 1.82) is 0 Å². The molecule has 3 nitrogen and oxygen atoms in total. The van der Waals surface area contributed by atoms with Crippen molar-refractivity contribution in [3.05, 3.63) is 35.9 Å². The normalized spacial score (nSPS) is 20.8. The van der Waals surface area contributed by atoms with Crippen LogP contribution in [-0.2, 0) is 11.2 Å². The molecular formula is C15H21NO2. The molecule has 0 bridgehead atoms. The van der Waals surface area contributed by atoms with Gasteiger partial charge in [0.05, 0.1) is 5.92 Å². The summed E-state index contributed by atoms with van der Waals surface area (Å²) < 4.78 is 0. The van der Waals surface area contributed by atoms with E-state index >= 15 is 0 Å². The summed E-state index contributed by atoms with van der Waals surface area (Å²) in [5.41, 5.74) is 1.30. The average molecular weight is 247 g/mol. The van der Waals surface area contributed by atoms with Gasteiger partial charge in [0, 0.05) is 0 Å². The van der Waals surface area contributed by atoms with Crippen molar-refractivity contribution in [3.8, 4) is 0 Å². The first-order chi connectivity index (χ1) is 8.77. The molecule has 1 saturated heterocycles. The van der Waals surface area contributed by atoms with Crippen LogP contribution in [0.5, 0.6) is 0 Å². The molecule has 2 N–H and O–H groups in total. The lowest BCUT2D eigenvalue weighted by molar-refractivity contribution is -0.143. The van der Waals surface area contributed by atoms with Crippen LogP contribution in [0.1, 0.15) is 24.8 Å². The Kier molecular flexibility index (Phi) is 4.76. The topological polar surface area (TPSA) is 49.3 Å². The average Bonchev–Trinajstić information content (AvgIpc) is 2.89. The van der Waals surface area contributed by atoms with Gasteiger partial charge in [-0.3, -0.25) is 4.79 Å². The predicted molar refractivity (Wildman–Crippen MR) is 71.5 cm³/mol. The van der Waals surface area contributed by atoms with Gasteiger partial charge in [-0.25, -0.2) is 0 Å². The number of nitrogens with one attached hydrogen (secondary N) is 1. The van der Waals surface area contributed by atoms with Crippen LogP contribution in [0.3, 0.4) is 0 Å². The molecule has 1 aromatic carbocycles. The van der Waals surface area contributed by atoms with E-state index in [0.717, 1.165) is 38.8 Å². The largest absolute Gasteiger partial charge is 0.481 e. The van der Waals surface area contributed by atoms with Crippen molar-refractivity contribution in [2.75, 3.05) is 13.1 Å². The van der Waals surface area contributed by atoms with Crippen LogP contribution in [0.2, 0.25) is 0 Å². The van der Waals surface area contributed by atoms with E-state index in [1.54, 1.807) is 0 Å². The first-order valence-corrected chi connectivity index (χ1v) is 6.75. The third-order valence-corrected chi connectivity index (χ3v) is 3.81. The van der Waals surface area contributed by atoms with Gasteiger partial charge in [0.15, 0.2) is 0 Å². The lowest BCUT2D eigenvalue weighted by atomic mass is 9.87. The Labute approximate surface area is 108 Å². The van der Waals surface area contributed by atoms with Crippen molar-refractivity contribution < 1.29 is 9.90 Å². The van der Waals surface area contributed by atoms with Crippen molar-refractivity contribution in [2.24, 2.45) is 11.8 Å². The van der Waals surface area contributed by atoms with E-state index < -0.39 is 5.97 Å². The third-order valence-electron chi connectivity index (χ3n) is 3.81. The van der Waals surface area contributed by atoms with Gasteiger partial charge in [-0.2, -0.15) is 0 Å². The first kappa shape index (κ1) is 13.1. The molecule has 0 amide bonds. The standard InChI is InChI=1S/C15H21NO2/c17-15(18)14(13-9-10-16-11-13)8-4-7-12-5-2-1-3-6-12/h1-3,5-6,13-14,16H,4,7-11H2,(H,17,18)/t13-,14-/m0/s1. The van der Waals surface area contributed by atoms with E-state index in [-0.39, 0.29) is 5.92 Å². The van der Waals surface area contributed by atoms with Crippen LogP contribution in [-0.4, -0.2) is 24.2 Å². The first-order valence-electron chi connectivity index (χ1n) is 6.75. The van der Waals surface area contributed by atoms with Crippen molar-refractivity contribution in [1.82, 2.24) is 5.32 Å². The fourth-order valence-electron chi connectivity index (χ4n) is 2.75. The summed E-state index contributed by atoms with van der Waals surface area (Å²) in [6, 6.07) is 10.3. The van der Waals surface area contributed by atoms with Gasteiger partial charge >= 0.3 is 5.97 Å². The van der Waals surface area contributed by atoms with Crippen molar-refractivity contribution in [2.45, 2.75) is 25.7 Å². The quantitative estimate of drug-likeness (QED) is 0.811. The lowest BCUT2D eigenvalue weighted by Crippen LogP contribution is -2.25. The highest BCUT2D eigenvalue weighted by atomic mass is 16.4. The minimum Gasteiger partial charge on any atom is -0.481 e. The number of hydrogen-bond acceptors (Lipinski definition) is 2. The second-order valence-electron chi connectivity index (χ2n) is 5.08. The zero-order valence-corrected chi connectivity index (χ0v) is 10.6. The summed E-state index contributed by atoms with van der Waals surface area (Å²) in [5, 5.41) is 12.6. The fourth-order valence-corrected chi connectivity index (χ4v) is 2.75. The molecule has 2 atom stereocenters. The molecule has 1 heterocycles. The number of benzene rings is 1. The molecule has 1 aromatic rings. The molecule has 2 rings (SSSR count). The number of carboxylic acids is 1. The van der Waals surface area contributed by atoms with Crippen molar-refractivity contribution in [3.63, 3.8) is 0 Å². The summed E-state index contributed by atoms with van der Waals surface area (Å²) >= 11 is 0. The number of carbonyl (C=O) groups is 1. The predicted octanol–water partition coefficient (Wildman–Crippen LogP) is 2.32. The third kappa shape index (κ3) is 3.57. The Morgan fingerprint density at radius 2 is 2.17 bits per heavy atom. The molecule has 3 heteroatoms. The Balaban J connectivity index is 1.81. The minimum absolute atomic E-state index is 0.177. The van der Waals surface area contributed by atoms with Gasteiger partial charge in [0.1, 0.15) is 0 Å². The van der Waals surface area contributed by atoms with Gasteiger partial charge in [0.25, 0.3) is 0 Å². The minimum atomic E-state index is -0.628. The molecule has 98 valence electrons. The number of rotatable bonds is 6. The summed E-state index contributed by atoms with van der Waals surface area (Å²) in [6.45, 7) is 1.83. The van der Waals surface area contributed by atoms with Gasteiger partial charge in [-0.1, -0.05) is 30.3 Å². The molecule has 0 unspecified atom stereocenters. The number of aliphatic carboxylic acids is 1. The second-order valence-corrected chi connectivity index (χ2v) is 5.08. The Hall–Kier alpha value is -1.35. The monoisotopic (exact) mass is 247 g/mol. The number of aryl methyl sites for hydroxylation is 1. The summed E-state index contributed by atoms with van der Waals surface area (Å²) in [5.74, 6) is -0.487. The molecule has 0 saturated carbocycles. The number of hydrogen-bond donors (Lipinski definition) is 2. The molecule has 1 aliphatic rings. The lowest BCUT2D eigenvalue weighted by Gasteiger charge is -2.18. The molecule has 0 radical (unpaired) electrons. The summed E-state index contributed by atoms with van der Waals surface area (Å²) in [6.07, 6.45) is 3.72. The maximum absolute atomic E-state index is 11.3. The molecule has 1 fully saturated rings. The van der Waals surface area contributed by atoms with Crippen molar-refractivity contribution >= 4 is 5.97 Å². The van der Waals surface area contributed by atoms with Gasteiger partial charge in [-0.15, -0.1) is 0 Å². The SMILES string of the molecule is O=C(O)[C@@H](CCCc1ccccc1)[C@H]1CCNC1. The molecule has 1 aliphatic heterocycles. The van der Waals surface area contributed by atoms with E-state index in [1.165, 1.54) is 5.56 Å². The van der Waals surface area contributed by atoms with E-state index in [0.29, 0.717) is 5.92 Å².